The van der Waals surface area contributed by atoms with Crippen LogP contribution >= 0.6 is 0 Å². The monoisotopic (exact) mass is 353 g/mol. The zero-order valence-corrected chi connectivity index (χ0v) is 14.2. The molecule has 0 saturated heterocycles. The van der Waals surface area contributed by atoms with Gasteiger partial charge in [0, 0.05) is 6.54 Å². The van der Waals surface area contributed by atoms with Crippen LogP contribution < -0.4 is 14.8 Å². The molecule has 9 nitrogen and oxygen atoms in total. The molecule has 0 radical (unpaired) electrons. The van der Waals surface area contributed by atoms with Crippen molar-refractivity contribution in [1.29, 1.82) is 0 Å². The minimum absolute atomic E-state index is 0.0451. The van der Waals surface area contributed by atoms with E-state index in [-0.39, 0.29) is 18.3 Å². The lowest BCUT2D eigenvalue weighted by atomic mass is 10.1. The van der Waals surface area contributed by atoms with Gasteiger partial charge in [-0.1, -0.05) is 17.3 Å². The Bertz CT molecular complexity index is 803. The zero-order valence-electron chi connectivity index (χ0n) is 13.4. The summed E-state index contributed by atoms with van der Waals surface area (Å²) in [6, 6.07) is 7.61. The van der Waals surface area contributed by atoms with Crippen LogP contribution in [0.15, 0.2) is 30.5 Å². The lowest BCUT2D eigenvalue weighted by Gasteiger charge is -2.06. The summed E-state index contributed by atoms with van der Waals surface area (Å²) >= 11 is 0. The fourth-order valence-electron chi connectivity index (χ4n) is 1.99. The van der Waals surface area contributed by atoms with E-state index in [0.29, 0.717) is 13.0 Å². The van der Waals surface area contributed by atoms with Crippen LogP contribution in [0.25, 0.3) is 0 Å². The predicted molar refractivity (Wildman–Crippen MR) is 88.2 cm³/mol. The Balaban J connectivity index is 1.79. The summed E-state index contributed by atoms with van der Waals surface area (Å²) in [5, 5.41) is 10.1. The highest BCUT2D eigenvalue weighted by Gasteiger charge is 2.09. The first-order valence-corrected chi connectivity index (χ1v) is 9.02. The predicted octanol–water partition coefficient (Wildman–Crippen LogP) is 0.0171. The number of nitrogens with one attached hydrogen (secondary N) is 2. The highest BCUT2D eigenvalue weighted by Crippen LogP contribution is 2.12. The van der Waals surface area contributed by atoms with Crippen LogP contribution in [0, 0.1) is 0 Å². The molecule has 0 unspecified atom stereocenters. The Kier molecular flexibility index (Phi) is 5.74. The Hall–Kier alpha value is -2.62. The summed E-state index contributed by atoms with van der Waals surface area (Å²) in [6.45, 7) is 0.422. The van der Waals surface area contributed by atoms with Gasteiger partial charge < -0.3 is 10.1 Å². The zero-order chi connectivity index (χ0) is 17.6. The van der Waals surface area contributed by atoms with Gasteiger partial charge in [-0.25, -0.2) is 13.1 Å². The first kappa shape index (κ1) is 17.7. The van der Waals surface area contributed by atoms with Gasteiger partial charge in [-0.05, 0) is 24.1 Å². The lowest BCUT2D eigenvalue weighted by Crippen LogP contribution is -2.29. The molecule has 24 heavy (non-hydrogen) atoms. The van der Waals surface area contributed by atoms with Crippen LogP contribution in [0.2, 0.25) is 0 Å². The standard InChI is InChI=1S/C14H19N5O4S/c1-23-12-5-3-4-11(8-12)6-7-15-14(20)10-19-9-13(16-18-19)17-24(2,21)22/h3-5,8-9,17H,6-7,10H2,1-2H3,(H,15,20). The molecule has 2 rings (SSSR count). The second-order valence-corrected chi connectivity index (χ2v) is 6.88. The van der Waals surface area contributed by atoms with Crippen LogP contribution in [-0.2, 0) is 27.8 Å². The molecular formula is C14H19N5O4S. The Labute approximate surface area is 140 Å². The largest absolute Gasteiger partial charge is 0.497 e. The molecule has 1 aromatic heterocycles. The van der Waals surface area contributed by atoms with Gasteiger partial charge in [0.15, 0.2) is 5.82 Å². The third-order valence-electron chi connectivity index (χ3n) is 3.00. The number of ether oxygens (including phenoxy) is 1. The fraction of sp³-hybridized carbons (Fsp3) is 0.357. The number of aromatic nitrogens is 3. The number of sulfonamides is 1. The van der Waals surface area contributed by atoms with Crippen molar-refractivity contribution in [2.24, 2.45) is 0 Å². The summed E-state index contributed by atoms with van der Waals surface area (Å²) in [5.74, 6) is 0.600. The minimum Gasteiger partial charge on any atom is -0.497 e. The van der Waals surface area contributed by atoms with E-state index in [9.17, 15) is 13.2 Å². The van der Waals surface area contributed by atoms with E-state index in [1.807, 2.05) is 24.3 Å². The van der Waals surface area contributed by atoms with Gasteiger partial charge in [-0.3, -0.25) is 9.52 Å². The molecule has 0 atom stereocenters. The second-order valence-electron chi connectivity index (χ2n) is 5.13. The van der Waals surface area contributed by atoms with Crippen LogP contribution in [0.1, 0.15) is 5.56 Å². The fourth-order valence-corrected chi connectivity index (χ4v) is 2.46. The number of carbonyl (C=O) groups excluding carboxylic acids is 1. The Morgan fingerprint density at radius 1 is 1.38 bits per heavy atom. The second kappa shape index (κ2) is 7.77. The average molecular weight is 353 g/mol. The maximum absolute atomic E-state index is 11.9. The Morgan fingerprint density at radius 2 is 2.17 bits per heavy atom. The number of methoxy groups -OCH3 is 1. The van der Waals surface area contributed by atoms with Gasteiger partial charge in [0.1, 0.15) is 12.3 Å². The summed E-state index contributed by atoms with van der Waals surface area (Å²) in [7, 11) is -1.82. The number of nitrogens with zero attached hydrogens (tertiary/aromatic N) is 3. The molecule has 2 N–H and O–H groups in total. The molecule has 0 aliphatic heterocycles. The topological polar surface area (TPSA) is 115 Å². The van der Waals surface area contributed by atoms with Gasteiger partial charge in [-0.2, -0.15) is 0 Å². The average Bonchev–Trinajstić information content (AvgIpc) is 2.92. The number of hydrogen-bond donors (Lipinski definition) is 2. The highest BCUT2D eigenvalue weighted by molar-refractivity contribution is 7.92. The van der Waals surface area contributed by atoms with Crippen molar-refractivity contribution in [1.82, 2.24) is 20.3 Å². The third kappa shape index (κ3) is 5.88. The SMILES string of the molecule is COc1cccc(CCNC(=O)Cn2cc(NS(C)(=O)=O)nn2)c1. The van der Waals surface area contributed by atoms with E-state index in [1.165, 1.54) is 10.9 Å². The summed E-state index contributed by atoms with van der Waals surface area (Å²) in [6.07, 6.45) is 3.03. The molecular weight excluding hydrogens is 334 g/mol. The van der Waals surface area contributed by atoms with Crippen molar-refractivity contribution in [3.8, 4) is 5.75 Å². The number of anilines is 1. The number of benzene rings is 1. The lowest BCUT2D eigenvalue weighted by molar-refractivity contribution is -0.121. The number of carbonyl (C=O) groups is 1. The van der Waals surface area contributed by atoms with E-state index < -0.39 is 10.0 Å². The molecule has 0 aliphatic rings. The van der Waals surface area contributed by atoms with Crippen molar-refractivity contribution in [3.05, 3.63) is 36.0 Å². The van der Waals surface area contributed by atoms with Crippen molar-refractivity contribution >= 4 is 21.7 Å². The van der Waals surface area contributed by atoms with Crippen LogP contribution in [0.5, 0.6) is 5.75 Å². The van der Waals surface area contributed by atoms with E-state index in [4.69, 9.17) is 4.74 Å². The van der Waals surface area contributed by atoms with E-state index in [0.717, 1.165) is 17.6 Å². The number of rotatable bonds is 8. The van der Waals surface area contributed by atoms with E-state index >= 15 is 0 Å². The molecule has 10 heteroatoms. The molecule has 1 amide bonds. The smallest absolute Gasteiger partial charge is 0.241 e. The molecule has 0 saturated carbocycles. The summed E-state index contributed by atoms with van der Waals surface area (Å²) in [4.78, 5) is 11.9. The molecule has 0 aliphatic carbocycles. The van der Waals surface area contributed by atoms with Gasteiger partial charge in [0.05, 0.1) is 19.6 Å². The van der Waals surface area contributed by atoms with Crippen molar-refractivity contribution < 1.29 is 17.9 Å². The van der Waals surface area contributed by atoms with E-state index in [1.54, 1.807) is 7.11 Å². The normalized spacial score (nSPS) is 11.1. The molecule has 0 spiro atoms. The molecule has 130 valence electrons. The first-order chi connectivity index (χ1) is 11.4. The van der Waals surface area contributed by atoms with Crippen molar-refractivity contribution in [3.63, 3.8) is 0 Å². The molecule has 0 bridgehead atoms. The van der Waals surface area contributed by atoms with Gasteiger partial charge >= 0.3 is 0 Å². The maximum Gasteiger partial charge on any atom is 0.241 e. The highest BCUT2D eigenvalue weighted by atomic mass is 32.2. The van der Waals surface area contributed by atoms with Crippen LogP contribution in [0.4, 0.5) is 5.82 Å². The molecule has 1 aromatic carbocycles. The number of amides is 1. The first-order valence-electron chi connectivity index (χ1n) is 7.13. The molecule has 2 aromatic rings. The van der Waals surface area contributed by atoms with Crippen LogP contribution in [0.3, 0.4) is 0 Å². The van der Waals surface area contributed by atoms with Gasteiger partial charge in [-0.15, -0.1) is 5.10 Å². The molecule has 1 heterocycles. The van der Waals surface area contributed by atoms with Gasteiger partial charge in [0.2, 0.25) is 15.9 Å². The third-order valence-corrected chi connectivity index (χ3v) is 3.58. The minimum atomic E-state index is -3.42. The summed E-state index contributed by atoms with van der Waals surface area (Å²) in [5.41, 5.74) is 1.05. The van der Waals surface area contributed by atoms with Gasteiger partial charge in [0.25, 0.3) is 0 Å². The Morgan fingerprint density at radius 3 is 2.88 bits per heavy atom. The van der Waals surface area contributed by atoms with Crippen molar-refractivity contribution in [2.45, 2.75) is 13.0 Å². The van der Waals surface area contributed by atoms with Crippen LogP contribution in [-0.4, -0.2) is 49.2 Å². The summed E-state index contributed by atoms with van der Waals surface area (Å²) < 4.78 is 30.7. The van der Waals surface area contributed by atoms with Crippen molar-refractivity contribution in [2.75, 3.05) is 24.6 Å². The maximum atomic E-state index is 11.9. The quantitative estimate of drug-likeness (QED) is 0.691. The molecule has 0 fully saturated rings. The van der Waals surface area contributed by atoms with E-state index in [2.05, 4.69) is 20.4 Å². The number of hydrogen-bond acceptors (Lipinski definition) is 6.